The molecule has 4 aromatic rings. The van der Waals surface area contributed by atoms with Crippen molar-refractivity contribution in [2.24, 2.45) is 0 Å². The molecule has 0 N–H and O–H groups in total. The number of pyridine rings is 1. The Hall–Kier alpha value is -3.06. The van der Waals surface area contributed by atoms with E-state index >= 15 is 0 Å². The molecule has 0 saturated heterocycles. The van der Waals surface area contributed by atoms with Crippen molar-refractivity contribution >= 4 is 32.6 Å². The minimum atomic E-state index is -0.113. The predicted molar refractivity (Wildman–Crippen MR) is 112 cm³/mol. The number of anilines is 1. The van der Waals surface area contributed by atoms with Crippen molar-refractivity contribution < 1.29 is 4.79 Å². The zero-order valence-corrected chi connectivity index (χ0v) is 16.9. The summed E-state index contributed by atoms with van der Waals surface area (Å²) in [4.78, 5) is 24.2. The van der Waals surface area contributed by atoms with Crippen molar-refractivity contribution in [2.75, 3.05) is 4.90 Å². The highest BCUT2D eigenvalue weighted by molar-refractivity contribution is 7.22. The monoisotopic (exact) mass is 391 g/mol. The zero-order chi connectivity index (χ0) is 19.7. The second-order valence-corrected chi connectivity index (χ2v) is 7.64. The fourth-order valence-electron chi connectivity index (χ4n) is 3.17. The van der Waals surface area contributed by atoms with Crippen LogP contribution < -0.4 is 4.90 Å². The lowest BCUT2D eigenvalue weighted by Gasteiger charge is -2.20. The summed E-state index contributed by atoms with van der Waals surface area (Å²) in [6.45, 7) is 7.12. The minimum Gasteiger partial charge on any atom is -0.278 e. The van der Waals surface area contributed by atoms with Crippen molar-refractivity contribution in [3.05, 3.63) is 71.3 Å². The topological polar surface area (TPSA) is 63.9 Å². The van der Waals surface area contributed by atoms with Gasteiger partial charge in [0.1, 0.15) is 5.69 Å². The molecule has 142 valence electrons. The Morgan fingerprint density at radius 3 is 2.68 bits per heavy atom. The third-order valence-electron chi connectivity index (χ3n) is 4.71. The van der Waals surface area contributed by atoms with Gasteiger partial charge in [0.2, 0.25) is 0 Å². The smallest absolute Gasteiger partial charge is 0.278 e. The number of amides is 1. The maximum atomic E-state index is 13.4. The summed E-state index contributed by atoms with van der Waals surface area (Å²) in [5.74, 6) is -0.113. The molecule has 0 radical (unpaired) electrons. The van der Waals surface area contributed by atoms with E-state index in [9.17, 15) is 4.79 Å². The zero-order valence-electron chi connectivity index (χ0n) is 16.1. The second-order valence-electron chi connectivity index (χ2n) is 6.66. The first-order valence-corrected chi connectivity index (χ1v) is 9.99. The van der Waals surface area contributed by atoms with Crippen molar-refractivity contribution in [2.45, 2.75) is 33.9 Å². The van der Waals surface area contributed by atoms with Gasteiger partial charge in [-0.25, -0.2) is 4.98 Å². The van der Waals surface area contributed by atoms with Crippen molar-refractivity contribution in [1.29, 1.82) is 0 Å². The molecule has 0 aliphatic heterocycles. The van der Waals surface area contributed by atoms with Gasteiger partial charge < -0.3 is 0 Å². The second kappa shape index (κ2) is 7.52. The van der Waals surface area contributed by atoms with Crippen LogP contribution >= 0.6 is 11.3 Å². The summed E-state index contributed by atoms with van der Waals surface area (Å²) < 4.78 is 2.82. The lowest BCUT2D eigenvalue weighted by atomic mass is 10.1. The van der Waals surface area contributed by atoms with Gasteiger partial charge in [0.25, 0.3) is 5.91 Å². The third-order valence-corrected chi connectivity index (χ3v) is 5.92. The molecule has 28 heavy (non-hydrogen) atoms. The lowest BCUT2D eigenvalue weighted by molar-refractivity contribution is 0.0975. The first-order valence-electron chi connectivity index (χ1n) is 9.17. The van der Waals surface area contributed by atoms with Gasteiger partial charge in [0.05, 0.1) is 16.8 Å². The van der Waals surface area contributed by atoms with Crippen molar-refractivity contribution in [1.82, 2.24) is 19.7 Å². The van der Waals surface area contributed by atoms with Gasteiger partial charge in [-0.1, -0.05) is 29.5 Å². The van der Waals surface area contributed by atoms with Crippen LogP contribution in [-0.2, 0) is 13.1 Å². The van der Waals surface area contributed by atoms with E-state index in [1.54, 1.807) is 45.6 Å². The molecule has 6 nitrogen and oxygen atoms in total. The molecule has 0 fully saturated rings. The Morgan fingerprint density at radius 1 is 1.14 bits per heavy atom. The molecule has 0 saturated carbocycles. The van der Waals surface area contributed by atoms with Crippen LogP contribution in [0.15, 0.2) is 48.9 Å². The molecule has 0 aliphatic rings. The molecule has 1 amide bonds. The number of rotatable bonds is 5. The van der Waals surface area contributed by atoms with E-state index in [-0.39, 0.29) is 5.91 Å². The number of hydrogen-bond donors (Lipinski definition) is 0. The van der Waals surface area contributed by atoms with E-state index in [0.717, 1.165) is 26.9 Å². The van der Waals surface area contributed by atoms with E-state index < -0.39 is 0 Å². The first-order chi connectivity index (χ1) is 13.6. The number of aryl methyl sites for hydroxylation is 3. The molecule has 0 aliphatic carbocycles. The molecule has 4 rings (SSSR count). The van der Waals surface area contributed by atoms with Crippen LogP contribution in [0.4, 0.5) is 5.13 Å². The fraction of sp³-hybridized carbons (Fsp3) is 0.238. The molecule has 7 heteroatoms. The Balaban J connectivity index is 1.82. The number of nitrogens with zero attached hydrogens (tertiary/aromatic N) is 5. The molecule has 0 bridgehead atoms. The Morgan fingerprint density at radius 2 is 1.96 bits per heavy atom. The van der Waals surface area contributed by atoms with Crippen LogP contribution in [0.5, 0.6) is 0 Å². The van der Waals surface area contributed by atoms with E-state index in [0.29, 0.717) is 23.9 Å². The van der Waals surface area contributed by atoms with E-state index in [1.807, 2.05) is 26.0 Å². The Labute approximate surface area is 167 Å². The van der Waals surface area contributed by atoms with Gasteiger partial charge in [-0.3, -0.25) is 19.4 Å². The molecule has 0 atom stereocenters. The quantitative estimate of drug-likeness (QED) is 0.507. The Bertz CT molecular complexity index is 1090. The Kier molecular flexibility index (Phi) is 4.92. The standard InChI is InChI=1S/C21H21N5OS/c1-4-26-17(9-11-23-26)20(27)25(13-16-6-5-10-22-12-16)21-24-18-14(2)7-8-15(3)19(18)28-21/h5-12H,4,13H2,1-3H3. The normalized spacial score (nSPS) is 11.1. The summed E-state index contributed by atoms with van der Waals surface area (Å²) in [5, 5.41) is 4.93. The van der Waals surface area contributed by atoms with Crippen LogP contribution in [-0.4, -0.2) is 25.7 Å². The molecular weight excluding hydrogens is 370 g/mol. The highest BCUT2D eigenvalue weighted by Crippen LogP contribution is 2.34. The van der Waals surface area contributed by atoms with Crippen LogP contribution in [0.3, 0.4) is 0 Å². The SMILES string of the molecule is CCn1nccc1C(=O)N(Cc1cccnc1)c1nc2c(C)ccc(C)c2s1. The number of benzene rings is 1. The van der Waals surface area contributed by atoms with E-state index in [4.69, 9.17) is 4.98 Å². The summed E-state index contributed by atoms with van der Waals surface area (Å²) in [6.07, 6.45) is 5.17. The number of hydrogen-bond acceptors (Lipinski definition) is 5. The maximum absolute atomic E-state index is 13.4. The van der Waals surface area contributed by atoms with Crippen LogP contribution in [0.2, 0.25) is 0 Å². The van der Waals surface area contributed by atoms with E-state index in [1.165, 1.54) is 0 Å². The fourth-order valence-corrected chi connectivity index (χ4v) is 4.28. The molecule has 3 heterocycles. The number of thiazole rings is 1. The largest absolute Gasteiger partial charge is 0.278 e. The minimum absolute atomic E-state index is 0.113. The average Bonchev–Trinajstić information content (AvgIpc) is 3.37. The summed E-state index contributed by atoms with van der Waals surface area (Å²) in [7, 11) is 0. The summed E-state index contributed by atoms with van der Waals surface area (Å²) in [5.41, 5.74) is 4.73. The van der Waals surface area contributed by atoms with Gasteiger partial charge in [-0.15, -0.1) is 0 Å². The summed E-state index contributed by atoms with van der Waals surface area (Å²) in [6, 6.07) is 9.76. The van der Waals surface area contributed by atoms with Gasteiger partial charge >= 0.3 is 0 Å². The molecular formula is C21H21N5OS. The average molecular weight is 392 g/mol. The number of carbonyl (C=O) groups is 1. The maximum Gasteiger partial charge on any atom is 0.278 e. The molecule has 0 spiro atoms. The highest BCUT2D eigenvalue weighted by atomic mass is 32.1. The van der Waals surface area contributed by atoms with Crippen LogP contribution in [0.1, 0.15) is 34.1 Å². The molecule has 0 unspecified atom stereocenters. The number of aromatic nitrogens is 4. The number of fused-ring (bicyclic) bond motifs is 1. The van der Waals surface area contributed by atoms with Crippen LogP contribution in [0.25, 0.3) is 10.2 Å². The van der Waals surface area contributed by atoms with Gasteiger partial charge in [0, 0.05) is 25.1 Å². The molecule has 1 aromatic carbocycles. The highest BCUT2D eigenvalue weighted by Gasteiger charge is 2.25. The number of carbonyl (C=O) groups excluding carboxylic acids is 1. The van der Waals surface area contributed by atoms with Crippen molar-refractivity contribution in [3.8, 4) is 0 Å². The molecule has 3 aromatic heterocycles. The summed E-state index contributed by atoms with van der Waals surface area (Å²) >= 11 is 1.55. The van der Waals surface area contributed by atoms with E-state index in [2.05, 4.69) is 29.1 Å². The first kappa shape index (κ1) is 18.3. The predicted octanol–water partition coefficient (Wildman–Crippen LogP) is 4.37. The lowest BCUT2D eigenvalue weighted by Crippen LogP contribution is -2.32. The third kappa shape index (κ3) is 3.29. The van der Waals surface area contributed by atoms with Crippen LogP contribution in [0, 0.1) is 13.8 Å². The van der Waals surface area contributed by atoms with Gasteiger partial charge in [0.15, 0.2) is 5.13 Å². The van der Waals surface area contributed by atoms with Gasteiger partial charge in [-0.2, -0.15) is 5.10 Å². The van der Waals surface area contributed by atoms with Crippen molar-refractivity contribution in [3.63, 3.8) is 0 Å². The van der Waals surface area contributed by atoms with Gasteiger partial charge in [-0.05, 0) is 49.6 Å².